The van der Waals surface area contributed by atoms with Crippen molar-refractivity contribution < 1.29 is 13.2 Å². The van der Waals surface area contributed by atoms with Gasteiger partial charge in [0.1, 0.15) is 10.6 Å². The molecule has 1 saturated heterocycles. The second-order valence-corrected chi connectivity index (χ2v) is 8.09. The minimum absolute atomic E-state index is 0.140. The molecule has 1 aromatic rings. The van der Waals surface area contributed by atoms with Crippen LogP contribution in [0.4, 0.5) is 0 Å². The van der Waals surface area contributed by atoms with Crippen molar-refractivity contribution >= 4 is 10.0 Å². The summed E-state index contributed by atoms with van der Waals surface area (Å²) in [7, 11) is -2.06. The molecule has 118 valence electrons. The molecule has 0 spiro atoms. The van der Waals surface area contributed by atoms with E-state index in [1.54, 1.807) is 13.0 Å². The van der Waals surface area contributed by atoms with Gasteiger partial charge in [-0.05, 0) is 49.4 Å². The predicted octanol–water partition coefficient (Wildman–Crippen LogP) is 1.67. The summed E-state index contributed by atoms with van der Waals surface area (Å²) >= 11 is 0. The number of benzene rings is 1. The number of methoxy groups -OCH3 is 1. The smallest absolute Gasteiger partial charge is 0.247 e. The maximum Gasteiger partial charge on any atom is 0.247 e. The van der Waals surface area contributed by atoms with E-state index in [2.05, 4.69) is 0 Å². The van der Waals surface area contributed by atoms with Crippen LogP contribution in [0.25, 0.3) is 0 Å². The van der Waals surface area contributed by atoms with Crippen LogP contribution in [0.5, 0.6) is 5.75 Å². The molecule has 6 heteroatoms. The van der Waals surface area contributed by atoms with Crippen LogP contribution in [0, 0.1) is 19.3 Å². The lowest BCUT2D eigenvalue weighted by Gasteiger charge is -2.23. The number of aryl methyl sites for hydroxylation is 2. The molecular weight excluding hydrogens is 288 g/mol. The Balaban J connectivity index is 2.46. The van der Waals surface area contributed by atoms with E-state index in [1.807, 2.05) is 19.9 Å². The van der Waals surface area contributed by atoms with Crippen molar-refractivity contribution in [3.05, 3.63) is 23.3 Å². The summed E-state index contributed by atoms with van der Waals surface area (Å²) < 4.78 is 32.7. The Morgan fingerprint density at radius 2 is 2.05 bits per heavy atom. The monoisotopic (exact) mass is 312 g/mol. The number of ether oxygens (including phenoxy) is 1. The molecule has 0 bridgehead atoms. The number of sulfonamides is 1. The Morgan fingerprint density at radius 3 is 2.57 bits per heavy atom. The van der Waals surface area contributed by atoms with Gasteiger partial charge in [-0.2, -0.15) is 4.31 Å². The second-order valence-electron chi connectivity index (χ2n) is 6.22. The van der Waals surface area contributed by atoms with Crippen LogP contribution < -0.4 is 10.5 Å². The molecule has 2 rings (SSSR count). The quantitative estimate of drug-likeness (QED) is 0.918. The third kappa shape index (κ3) is 2.93. The first-order chi connectivity index (χ1) is 9.73. The largest absolute Gasteiger partial charge is 0.495 e. The first-order valence-electron chi connectivity index (χ1n) is 7.09. The summed E-state index contributed by atoms with van der Waals surface area (Å²) in [5.41, 5.74) is 7.33. The number of nitrogens with two attached hydrogens (primary N) is 1. The van der Waals surface area contributed by atoms with E-state index >= 15 is 0 Å². The fraction of sp³-hybridized carbons (Fsp3) is 0.600. The van der Waals surface area contributed by atoms with E-state index in [4.69, 9.17) is 10.5 Å². The Hall–Kier alpha value is -1.11. The van der Waals surface area contributed by atoms with Crippen molar-refractivity contribution in [1.29, 1.82) is 0 Å². The van der Waals surface area contributed by atoms with Crippen LogP contribution in [0.1, 0.15) is 24.5 Å². The molecule has 1 aromatic carbocycles. The van der Waals surface area contributed by atoms with Gasteiger partial charge in [-0.1, -0.05) is 13.0 Å². The van der Waals surface area contributed by atoms with E-state index in [9.17, 15) is 8.42 Å². The van der Waals surface area contributed by atoms with Crippen LogP contribution in [0.15, 0.2) is 17.0 Å². The fourth-order valence-corrected chi connectivity index (χ4v) is 4.81. The van der Waals surface area contributed by atoms with Crippen molar-refractivity contribution in [2.75, 3.05) is 26.7 Å². The molecule has 1 aliphatic heterocycles. The zero-order valence-corrected chi connectivity index (χ0v) is 14.0. The van der Waals surface area contributed by atoms with Crippen molar-refractivity contribution in [3.63, 3.8) is 0 Å². The molecule has 21 heavy (non-hydrogen) atoms. The highest BCUT2D eigenvalue weighted by Crippen LogP contribution is 2.37. The Labute approximate surface area is 127 Å². The average molecular weight is 312 g/mol. The number of hydrogen-bond donors (Lipinski definition) is 1. The van der Waals surface area contributed by atoms with E-state index < -0.39 is 10.0 Å². The van der Waals surface area contributed by atoms with E-state index in [-0.39, 0.29) is 10.3 Å². The molecule has 0 aliphatic carbocycles. The number of hydrogen-bond acceptors (Lipinski definition) is 4. The molecule has 0 saturated carbocycles. The lowest BCUT2D eigenvalue weighted by Crippen LogP contribution is -2.35. The van der Waals surface area contributed by atoms with Gasteiger partial charge in [-0.15, -0.1) is 0 Å². The van der Waals surface area contributed by atoms with E-state index in [0.717, 1.165) is 12.0 Å². The highest BCUT2D eigenvalue weighted by atomic mass is 32.2. The SMILES string of the molecule is COc1cc(C)cc(C)c1S(=O)(=O)N1CCC(C)(CN)C1. The second kappa shape index (κ2) is 5.59. The first-order valence-corrected chi connectivity index (χ1v) is 8.53. The average Bonchev–Trinajstić information content (AvgIpc) is 2.81. The van der Waals surface area contributed by atoms with Crippen LogP contribution in [-0.4, -0.2) is 39.5 Å². The Bertz CT molecular complexity index is 643. The third-order valence-electron chi connectivity index (χ3n) is 4.22. The minimum Gasteiger partial charge on any atom is -0.495 e. The maximum absolute atomic E-state index is 13.0. The summed E-state index contributed by atoms with van der Waals surface area (Å²) in [5, 5.41) is 0. The zero-order chi connectivity index (χ0) is 15.8. The lowest BCUT2D eigenvalue weighted by molar-refractivity contribution is 0.348. The minimum atomic E-state index is -3.56. The molecule has 5 nitrogen and oxygen atoms in total. The molecule has 0 amide bonds. The summed E-state index contributed by atoms with van der Waals surface area (Å²) in [5.74, 6) is 0.411. The summed E-state index contributed by atoms with van der Waals surface area (Å²) in [6.45, 7) is 7.22. The standard InChI is InChI=1S/C15H24N2O3S/c1-11-7-12(2)14(13(8-11)20-4)21(18,19)17-6-5-15(3,9-16)10-17/h7-8H,5-6,9-10,16H2,1-4H3. The molecule has 1 aliphatic rings. The molecule has 1 atom stereocenters. The van der Waals surface area contributed by atoms with E-state index in [1.165, 1.54) is 11.4 Å². The van der Waals surface area contributed by atoms with Crippen LogP contribution in [0.3, 0.4) is 0 Å². The fourth-order valence-electron chi connectivity index (χ4n) is 2.88. The van der Waals surface area contributed by atoms with Gasteiger partial charge in [0, 0.05) is 13.1 Å². The van der Waals surface area contributed by atoms with Crippen LogP contribution in [-0.2, 0) is 10.0 Å². The highest BCUT2D eigenvalue weighted by Gasteiger charge is 2.40. The number of rotatable bonds is 4. The zero-order valence-electron chi connectivity index (χ0n) is 13.1. The van der Waals surface area contributed by atoms with Crippen LogP contribution >= 0.6 is 0 Å². The Kier molecular flexibility index (Phi) is 4.33. The Morgan fingerprint density at radius 1 is 1.38 bits per heavy atom. The van der Waals surface area contributed by atoms with Gasteiger partial charge < -0.3 is 10.5 Å². The van der Waals surface area contributed by atoms with E-state index in [0.29, 0.717) is 30.9 Å². The maximum atomic E-state index is 13.0. The predicted molar refractivity (Wildman–Crippen MR) is 83.0 cm³/mol. The molecule has 1 unspecified atom stereocenters. The third-order valence-corrected chi connectivity index (χ3v) is 6.25. The summed E-state index contributed by atoms with van der Waals surface area (Å²) in [6, 6.07) is 3.63. The summed E-state index contributed by atoms with van der Waals surface area (Å²) in [6.07, 6.45) is 0.788. The van der Waals surface area contributed by atoms with Crippen molar-refractivity contribution in [2.45, 2.75) is 32.1 Å². The highest BCUT2D eigenvalue weighted by molar-refractivity contribution is 7.89. The first kappa shape index (κ1) is 16.3. The van der Waals surface area contributed by atoms with Crippen LogP contribution in [0.2, 0.25) is 0 Å². The van der Waals surface area contributed by atoms with Gasteiger partial charge in [0.25, 0.3) is 0 Å². The van der Waals surface area contributed by atoms with Gasteiger partial charge in [0.05, 0.1) is 7.11 Å². The lowest BCUT2D eigenvalue weighted by atomic mass is 9.90. The normalized spacial score (nSPS) is 23.5. The molecule has 1 fully saturated rings. The molecule has 0 aromatic heterocycles. The van der Waals surface area contributed by atoms with Gasteiger partial charge in [-0.25, -0.2) is 8.42 Å². The molecule has 1 heterocycles. The molecule has 0 radical (unpaired) electrons. The van der Waals surface area contributed by atoms with Crippen molar-refractivity contribution in [3.8, 4) is 5.75 Å². The van der Waals surface area contributed by atoms with Gasteiger partial charge in [0.2, 0.25) is 10.0 Å². The topological polar surface area (TPSA) is 72.6 Å². The summed E-state index contributed by atoms with van der Waals surface area (Å²) in [4.78, 5) is 0.275. The molecule has 2 N–H and O–H groups in total. The van der Waals surface area contributed by atoms with Gasteiger partial charge >= 0.3 is 0 Å². The number of nitrogens with zero attached hydrogens (tertiary/aromatic N) is 1. The van der Waals surface area contributed by atoms with Crippen molar-refractivity contribution in [2.24, 2.45) is 11.1 Å². The molecular formula is C15H24N2O3S. The van der Waals surface area contributed by atoms with Gasteiger partial charge in [-0.3, -0.25) is 0 Å². The van der Waals surface area contributed by atoms with Crippen molar-refractivity contribution in [1.82, 2.24) is 4.31 Å². The van der Waals surface area contributed by atoms with Gasteiger partial charge in [0.15, 0.2) is 0 Å².